The van der Waals surface area contributed by atoms with Gasteiger partial charge in [-0.05, 0) is 47.2 Å². The Hall–Kier alpha value is -2.76. The van der Waals surface area contributed by atoms with E-state index in [0.29, 0.717) is 11.1 Å². The molecule has 0 heterocycles. The first-order valence-corrected chi connectivity index (χ1v) is 8.10. The van der Waals surface area contributed by atoms with Crippen LogP contribution in [-0.4, -0.2) is 10.2 Å². The van der Waals surface area contributed by atoms with Gasteiger partial charge in [0.05, 0.1) is 0 Å². The van der Waals surface area contributed by atoms with Crippen molar-refractivity contribution >= 4 is 0 Å². The van der Waals surface area contributed by atoms with E-state index in [9.17, 15) is 18.4 Å². The van der Waals surface area contributed by atoms with E-state index in [4.69, 9.17) is 10.2 Å². The van der Waals surface area contributed by atoms with Gasteiger partial charge in [-0.25, -0.2) is 8.78 Å². The van der Waals surface area contributed by atoms with E-state index in [-0.39, 0.29) is 11.8 Å². The minimum absolute atomic E-state index is 0.126. The van der Waals surface area contributed by atoms with Crippen molar-refractivity contribution in [1.29, 1.82) is 0 Å². The third-order valence-corrected chi connectivity index (χ3v) is 3.69. The molecular weight excluding hydrogens is 342 g/mol. The van der Waals surface area contributed by atoms with E-state index in [1.54, 1.807) is 0 Å². The highest BCUT2D eigenvalue weighted by Gasteiger charge is 2.06. The molecule has 0 aliphatic heterocycles. The molecule has 0 aliphatic rings. The first kappa shape index (κ1) is 21.3. The van der Waals surface area contributed by atoms with Gasteiger partial charge in [0, 0.05) is 0 Å². The Labute approximate surface area is 150 Å². The topological polar surface area (TPSA) is 74.6 Å². The van der Waals surface area contributed by atoms with Crippen molar-refractivity contribution in [3.05, 3.63) is 79.6 Å². The second-order valence-electron chi connectivity index (χ2n) is 6.39. The molecule has 140 valence electrons. The highest BCUT2D eigenvalue weighted by molar-refractivity contribution is 5.28. The molecule has 2 rings (SSSR count). The fourth-order valence-electron chi connectivity index (χ4n) is 1.98. The zero-order chi connectivity index (χ0) is 20.0. The summed E-state index contributed by atoms with van der Waals surface area (Å²) in [6.45, 7) is 7.56. The first-order valence-electron chi connectivity index (χ1n) is 8.10. The highest BCUT2D eigenvalue weighted by Crippen LogP contribution is 2.16. The van der Waals surface area contributed by atoms with Gasteiger partial charge < -0.3 is 10.2 Å². The third kappa shape index (κ3) is 5.65. The molecule has 0 saturated heterocycles. The largest absolute Gasteiger partial charge is 0.502 e. The number of hydrogen-bond acceptors (Lipinski definition) is 4. The van der Waals surface area contributed by atoms with Gasteiger partial charge in [-0.1, -0.05) is 39.8 Å². The fraction of sp³-hybridized carbons (Fsp3) is 0.300. The lowest BCUT2D eigenvalue weighted by molar-refractivity contribution is 0.429. The predicted octanol–water partition coefficient (Wildman–Crippen LogP) is 4.03. The van der Waals surface area contributed by atoms with Gasteiger partial charge in [-0.3, -0.25) is 9.59 Å². The number of rotatable bonds is 2. The maximum Gasteiger partial charge on any atom is 0.223 e. The smallest absolute Gasteiger partial charge is 0.223 e. The van der Waals surface area contributed by atoms with E-state index in [0.717, 1.165) is 6.07 Å². The molecule has 0 radical (unpaired) electrons. The molecule has 0 aromatic heterocycles. The van der Waals surface area contributed by atoms with Gasteiger partial charge in [0.25, 0.3) is 0 Å². The Morgan fingerprint density at radius 1 is 0.692 bits per heavy atom. The normalized spacial score (nSPS) is 10.5. The van der Waals surface area contributed by atoms with Crippen LogP contribution in [0.2, 0.25) is 0 Å². The molecule has 2 N–H and O–H groups in total. The van der Waals surface area contributed by atoms with Gasteiger partial charge >= 0.3 is 0 Å². The summed E-state index contributed by atoms with van der Waals surface area (Å²) in [5.74, 6) is -3.10. The lowest BCUT2D eigenvalue weighted by Crippen LogP contribution is -1.97. The molecule has 2 aromatic carbocycles. The van der Waals surface area contributed by atoms with E-state index in [1.165, 1.54) is 30.3 Å². The van der Waals surface area contributed by atoms with Crippen LogP contribution in [0.25, 0.3) is 0 Å². The summed E-state index contributed by atoms with van der Waals surface area (Å²) in [5, 5.41) is 18.0. The van der Waals surface area contributed by atoms with Crippen molar-refractivity contribution in [2.24, 2.45) is 0 Å². The van der Waals surface area contributed by atoms with Crippen LogP contribution in [0.1, 0.15) is 50.7 Å². The van der Waals surface area contributed by atoms with E-state index < -0.39 is 34.0 Å². The molecule has 2 aromatic rings. The molecule has 0 bridgehead atoms. The average molecular weight is 364 g/mol. The maximum absolute atomic E-state index is 13.0. The average Bonchev–Trinajstić information content (AvgIpc) is 2.79. The van der Waals surface area contributed by atoms with Crippen molar-refractivity contribution in [3.63, 3.8) is 0 Å². The third-order valence-electron chi connectivity index (χ3n) is 3.69. The summed E-state index contributed by atoms with van der Waals surface area (Å²) in [7, 11) is 0. The van der Waals surface area contributed by atoms with Crippen LogP contribution in [0, 0.1) is 11.6 Å². The lowest BCUT2D eigenvalue weighted by Gasteiger charge is -1.99. The molecule has 0 aliphatic carbocycles. The number of halogens is 2. The Kier molecular flexibility index (Phi) is 7.43. The molecule has 0 fully saturated rings. The molecule has 0 unspecified atom stereocenters. The SMILES string of the molecule is CC(C)c1ccc(=O)c(O)c(F)c1.CC(C)c1ccc(F)c(O)c(=O)c1. The van der Waals surface area contributed by atoms with Crippen molar-refractivity contribution in [2.75, 3.05) is 0 Å². The summed E-state index contributed by atoms with van der Waals surface area (Å²) in [6.07, 6.45) is 0. The maximum atomic E-state index is 13.0. The highest BCUT2D eigenvalue weighted by atomic mass is 19.1. The second kappa shape index (κ2) is 9.08. The second-order valence-corrected chi connectivity index (χ2v) is 6.39. The molecular formula is C20H22F2O4. The monoisotopic (exact) mass is 364 g/mol. The van der Waals surface area contributed by atoms with Gasteiger partial charge in [0.15, 0.2) is 23.1 Å². The van der Waals surface area contributed by atoms with E-state index >= 15 is 0 Å². The van der Waals surface area contributed by atoms with Crippen LogP contribution >= 0.6 is 0 Å². The van der Waals surface area contributed by atoms with E-state index in [2.05, 4.69) is 0 Å². The minimum atomic E-state index is -0.878. The molecule has 0 spiro atoms. The molecule has 4 nitrogen and oxygen atoms in total. The number of aromatic hydroxyl groups is 2. The zero-order valence-corrected chi connectivity index (χ0v) is 15.1. The summed E-state index contributed by atoms with van der Waals surface area (Å²) < 4.78 is 25.8. The predicted molar refractivity (Wildman–Crippen MR) is 96.8 cm³/mol. The van der Waals surface area contributed by atoms with Crippen LogP contribution in [0.15, 0.2) is 46.0 Å². The van der Waals surface area contributed by atoms with E-state index in [1.807, 2.05) is 27.7 Å². The number of hydrogen-bond donors (Lipinski definition) is 2. The quantitative estimate of drug-likeness (QED) is 0.844. The van der Waals surface area contributed by atoms with Gasteiger partial charge in [-0.2, -0.15) is 0 Å². The fourth-order valence-corrected chi connectivity index (χ4v) is 1.98. The van der Waals surface area contributed by atoms with Crippen molar-refractivity contribution in [1.82, 2.24) is 0 Å². The standard InChI is InChI=1S/2C10H11FO2/c1-6(2)7-3-4-9(12)10(13)8(11)5-7;1-6(2)7-3-4-8(11)10(13)9(12)5-7/h2*3-6H,1-2H3,(H,12,13). The Bertz CT molecular complexity index is 893. The van der Waals surface area contributed by atoms with Crippen LogP contribution in [-0.2, 0) is 0 Å². The minimum Gasteiger partial charge on any atom is -0.502 e. The Morgan fingerprint density at radius 3 is 1.69 bits per heavy atom. The summed E-state index contributed by atoms with van der Waals surface area (Å²) in [6, 6.07) is 7.74. The lowest BCUT2D eigenvalue weighted by atomic mass is 10.1. The Morgan fingerprint density at radius 2 is 1.15 bits per heavy atom. The van der Waals surface area contributed by atoms with Crippen molar-refractivity contribution < 1.29 is 19.0 Å². The first-order chi connectivity index (χ1) is 12.0. The van der Waals surface area contributed by atoms with Crippen LogP contribution < -0.4 is 10.9 Å². The summed E-state index contributed by atoms with van der Waals surface area (Å²) in [5.41, 5.74) is 0.0368. The molecule has 0 saturated carbocycles. The zero-order valence-electron chi connectivity index (χ0n) is 15.1. The molecule has 6 heteroatoms. The van der Waals surface area contributed by atoms with Gasteiger partial charge in [0.1, 0.15) is 0 Å². The van der Waals surface area contributed by atoms with Crippen LogP contribution in [0.3, 0.4) is 0 Å². The molecule has 26 heavy (non-hydrogen) atoms. The summed E-state index contributed by atoms with van der Waals surface area (Å²) >= 11 is 0. The van der Waals surface area contributed by atoms with Crippen LogP contribution in [0.4, 0.5) is 8.78 Å². The van der Waals surface area contributed by atoms with Crippen molar-refractivity contribution in [3.8, 4) is 11.5 Å². The van der Waals surface area contributed by atoms with Crippen molar-refractivity contribution in [2.45, 2.75) is 39.5 Å². The Balaban J connectivity index is 0.000000260. The van der Waals surface area contributed by atoms with Gasteiger partial charge in [0.2, 0.25) is 10.9 Å². The molecule has 0 atom stereocenters. The van der Waals surface area contributed by atoms with Crippen LogP contribution in [0.5, 0.6) is 11.5 Å². The molecule has 0 amide bonds. The van der Waals surface area contributed by atoms with Gasteiger partial charge in [-0.15, -0.1) is 0 Å². The summed E-state index contributed by atoms with van der Waals surface area (Å²) in [4.78, 5) is 22.0.